The van der Waals surface area contributed by atoms with E-state index >= 15 is 0 Å². The molecule has 1 saturated carbocycles. The molecule has 0 radical (unpaired) electrons. The molecule has 0 atom stereocenters. The quantitative estimate of drug-likeness (QED) is 0.721. The van der Waals surface area contributed by atoms with E-state index in [2.05, 4.69) is 10.3 Å². The average molecular weight is 210 g/mol. The molecule has 0 amide bonds. The van der Waals surface area contributed by atoms with Crippen molar-refractivity contribution < 1.29 is 4.74 Å². The lowest BCUT2D eigenvalue weighted by Gasteiger charge is -2.15. The highest BCUT2D eigenvalue weighted by Gasteiger charge is 2.14. The van der Waals surface area contributed by atoms with Crippen LogP contribution in [0.25, 0.3) is 0 Å². The first-order chi connectivity index (χ1) is 7.45. The van der Waals surface area contributed by atoms with Gasteiger partial charge in [0.25, 0.3) is 0 Å². The maximum absolute atomic E-state index is 5.78. The fraction of sp³-hybridized carbons (Fsp3) is 0.917. The second-order valence-corrected chi connectivity index (χ2v) is 4.49. The number of nitrogens with zero attached hydrogens (tertiary/aromatic N) is 1. The molecule has 1 aliphatic carbocycles. The Hall–Kier alpha value is -0.570. The summed E-state index contributed by atoms with van der Waals surface area (Å²) in [5.41, 5.74) is 0. The average Bonchev–Trinajstić information content (AvgIpc) is 2.79. The van der Waals surface area contributed by atoms with Crippen LogP contribution >= 0.6 is 0 Å². The Morgan fingerprint density at radius 1 is 1.20 bits per heavy atom. The van der Waals surface area contributed by atoms with E-state index in [9.17, 15) is 0 Å². The molecular weight excluding hydrogens is 188 g/mol. The molecule has 15 heavy (non-hydrogen) atoms. The van der Waals surface area contributed by atoms with Crippen molar-refractivity contribution in [3.05, 3.63) is 0 Å². The predicted molar refractivity (Wildman–Crippen MR) is 62.4 cm³/mol. The smallest absolute Gasteiger partial charge is 0.0963 e. The van der Waals surface area contributed by atoms with Gasteiger partial charge in [-0.25, -0.2) is 0 Å². The van der Waals surface area contributed by atoms with E-state index in [-0.39, 0.29) is 0 Å². The molecule has 0 aromatic heterocycles. The second kappa shape index (κ2) is 6.11. The zero-order valence-corrected chi connectivity index (χ0v) is 9.50. The van der Waals surface area contributed by atoms with Gasteiger partial charge in [0.1, 0.15) is 0 Å². The Morgan fingerprint density at radius 2 is 2.07 bits per heavy atom. The topological polar surface area (TPSA) is 33.6 Å². The molecule has 1 heterocycles. The summed E-state index contributed by atoms with van der Waals surface area (Å²) in [6.07, 6.45) is 9.44. The molecule has 3 nitrogen and oxygen atoms in total. The SMILES string of the molecule is C1CCC(NCCOC2CCCC2)=NC1. The van der Waals surface area contributed by atoms with Gasteiger partial charge >= 0.3 is 0 Å². The fourth-order valence-electron chi connectivity index (χ4n) is 2.32. The van der Waals surface area contributed by atoms with E-state index in [0.29, 0.717) is 6.10 Å². The Balaban J connectivity index is 1.52. The monoisotopic (exact) mass is 210 g/mol. The van der Waals surface area contributed by atoms with E-state index in [1.807, 2.05) is 0 Å². The highest BCUT2D eigenvalue weighted by atomic mass is 16.5. The highest BCUT2D eigenvalue weighted by Crippen LogP contribution is 2.20. The molecule has 1 fully saturated rings. The van der Waals surface area contributed by atoms with Crippen LogP contribution in [0.4, 0.5) is 0 Å². The summed E-state index contributed by atoms with van der Waals surface area (Å²) in [7, 11) is 0. The number of rotatable bonds is 4. The summed E-state index contributed by atoms with van der Waals surface area (Å²) in [6, 6.07) is 0. The normalized spacial score (nSPS) is 22.8. The summed E-state index contributed by atoms with van der Waals surface area (Å²) in [5.74, 6) is 1.19. The minimum Gasteiger partial charge on any atom is -0.376 e. The lowest BCUT2D eigenvalue weighted by atomic mass is 10.2. The number of amidine groups is 1. The number of nitrogens with one attached hydrogen (secondary N) is 1. The van der Waals surface area contributed by atoms with E-state index in [0.717, 1.165) is 26.1 Å². The van der Waals surface area contributed by atoms with Gasteiger partial charge in [-0.3, -0.25) is 4.99 Å². The molecule has 0 saturated heterocycles. The molecule has 0 bridgehead atoms. The van der Waals surface area contributed by atoms with Crippen molar-refractivity contribution in [2.45, 2.75) is 51.0 Å². The fourth-order valence-corrected chi connectivity index (χ4v) is 2.32. The minimum absolute atomic E-state index is 0.542. The minimum atomic E-state index is 0.542. The molecule has 1 N–H and O–H groups in total. The first-order valence-electron chi connectivity index (χ1n) is 6.34. The predicted octanol–water partition coefficient (Wildman–Crippen LogP) is 2.12. The second-order valence-electron chi connectivity index (χ2n) is 4.49. The van der Waals surface area contributed by atoms with E-state index in [1.165, 1.54) is 44.4 Å². The molecule has 3 heteroatoms. The molecular formula is C12H22N2O. The zero-order valence-electron chi connectivity index (χ0n) is 9.50. The Labute approximate surface area is 92.3 Å². The molecule has 2 rings (SSSR count). The van der Waals surface area contributed by atoms with E-state index < -0.39 is 0 Å². The van der Waals surface area contributed by atoms with Crippen molar-refractivity contribution in [1.29, 1.82) is 0 Å². The van der Waals surface area contributed by atoms with Crippen molar-refractivity contribution in [3.8, 4) is 0 Å². The third-order valence-electron chi connectivity index (χ3n) is 3.21. The first-order valence-corrected chi connectivity index (χ1v) is 6.34. The van der Waals surface area contributed by atoms with Gasteiger partial charge in [-0.05, 0) is 25.7 Å². The van der Waals surface area contributed by atoms with Crippen molar-refractivity contribution in [3.63, 3.8) is 0 Å². The van der Waals surface area contributed by atoms with Crippen LogP contribution in [0.5, 0.6) is 0 Å². The van der Waals surface area contributed by atoms with Gasteiger partial charge in [-0.2, -0.15) is 0 Å². The summed E-state index contributed by atoms with van der Waals surface area (Å²) in [6.45, 7) is 2.77. The molecule has 0 spiro atoms. The maximum atomic E-state index is 5.78. The molecule has 2 aliphatic rings. The molecule has 0 unspecified atom stereocenters. The van der Waals surface area contributed by atoms with Crippen molar-refractivity contribution in [2.75, 3.05) is 19.7 Å². The van der Waals surface area contributed by atoms with Gasteiger partial charge in [0.2, 0.25) is 0 Å². The molecule has 0 aromatic carbocycles. The number of ether oxygens (including phenoxy) is 1. The van der Waals surface area contributed by atoms with Crippen LogP contribution in [0.2, 0.25) is 0 Å². The highest BCUT2D eigenvalue weighted by molar-refractivity contribution is 5.82. The van der Waals surface area contributed by atoms with Crippen molar-refractivity contribution >= 4 is 5.84 Å². The van der Waals surface area contributed by atoms with Gasteiger partial charge in [0, 0.05) is 19.5 Å². The first kappa shape index (κ1) is 10.9. The number of aliphatic imine (C=N–C) groups is 1. The van der Waals surface area contributed by atoms with E-state index in [4.69, 9.17) is 4.74 Å². The third kappa shape index (κ3) is 3.82. The van der Waals surface area contributed by atoms with Crippen LogP contribution in [0.3, 0.4) is 0 Å². The van der Waals surface area contributed by atoms with Crippen LogP contribution in [-0.2, 0) is 4.74 Å². The summed E-state index contributed by atoms with van der Waals surface area (Å²) >= 11 is 0. The van der Waals surface area contributed by atoms with Gasteiger partial charge in [0.05, 0.1) is 18.5 Å². The number of hydrogen-bond acceptors (Lipinski definition) is 3. The van der Waals surface area contributed by atoms with Crippen LogP contribution < -0.4 is 5.32 Å². The molecule has 0 aromatic rings. The van der Waals surface area contributed by atoms with Crippen LogP contribution in [0.1, 0.15) is 44.9 Å². The lowest BCUT2D eigenvalue weighted by molar-refractivity contribution is 0.0622. The van der Waals surface area contributed by atoms with Crippen LogP contribution in [0, 0.1) is 0 Å². The Bertz CT molecular complexity index is 210. The van der Waals surface area contributed by atoms with Crippen molar-refractivity contribution in [1.82, 2.24) is 5.32 Å². The summed E-state index contributed by atoms with van der Waals surface area (Å²) < 4.78 is 5.78. The van der Waals surface area contributed by atoms with Crippen LogP contribution in [-0.4, -0.2) is 31.6 Å². The van der Waals surface area contributed by atoms with Gasteiger partial charge in [-0.15, -0.1) is 0 Å². The van der Waals surface area contributed by atoms with Crippen LogP contribution in [0.15, 0.2) is 4.99 Å². The van der Waals surface area contributed by atoms with Crippen molar-refractivity contribution in [2.24, 2.45) is 4.99 Å². The summed E-state index contributed by atoms with van der Waals surface area (Å²) in [5, 5.41) is 3.37. The largest absolute Gasteiger partial charge is 0.376 e. The Morgan fingerprint density at radius 3 is 2.80 bits per heavy atom. The van der Waals surface area contributed by atoms with Gasteiger partial charge < -0.3 is 10.1 Å². The third-order valence-corrected chi connectivity index (χ3v) is 3.21. The number of hydrogen-bond donors (Lipinski definition) is 1. The maximum Gasteiger partial charge on any atom is 0.0963 e. The Kier molecular flexibility index (Phi) is 4.45. The molecule has 86 valence electrons. The zero-order chi connectivity index (χ0) is 10.3. The lowest BCUT2D eigenvalue weighted by Crippen LogP contribution is -2.30. The van der Waals surface area contributed by atoms with Gasteiger partial charge in [-0.1, -0.05) is 12.8 Å². The van der Waals surface area contributed by atoms with Gasteiger partial charge in [0.15, 0.2) is 0 Å². The standard InChI is InChI=1S/C12H22N2O/c1-2-6-11(5-1)15-10-9-14-12-7-3-4-8-13-12/h11H,1-10H2,(H,13,14). The summed E-state index contributed by atoms with van der Waals surface area (Å²) in [4.78, 5) is 4.45. The molecule has 1 aliphatic heterocycles. The van der Waals surface area contributed by atoms with E-state index in [1.54, 1.807) is 0 Å².